The number of halogens is 1. The minimum absolute atomic E-state index is 0.00988. The Balaban J connectivity index is 1.58. The zero-order valence-electron chi connectivity index (χ0n) is 15.9. The zero-order valence-corrected chi connectivity index (χ0v) is 16.6. The molecule has 5 heteroatoms. The van der Waals surface area contributed by atoms with Gasteiger partial charge in [0.1, 0.15) is 5.88 Å². The Kier molecular flexibility index (Phi) is 5.61. The highest BCUT2D eigenvalue weighted by atomic mass is 35.5. The number of amides is 2. The van der Waals surface area contributed by atoms with Crippen molar-refractivity contribution < 1.29 is 9.59 Å². The molecule has 4 nitrogen and oxygen atoms in total. The van der Waals surface area contributed by atoms with Gasteiger partial charge in [-0.25, -0.2) is 0 Å². The largest absolute Gasteiger partial charge is 0.352 e. The molecule has 2 aliphatic carbocycles. The van der Waals surface area contributed by atoms with Crippen LogP contribution < -0.4 is 5.32 Å². The van der Waals surface area contributed by atoms with E-state index in [1.165, 1.54) is 5.56 Å². The lowest BCUT2D eigenvalue weighted by Gasteiger charge is -2.35. The van der Waals surface area contributed by atoms with E-state index < -0.39 is 0 Å². The third-order valence-electron chi connectivity index (χ3n) is 6.33. The highest BCUT2D eigenvalue weighted by molar-refractivity contribution is 6.27. The quantitative estimate of drug-likeness (QED) is 0.799. The number of hydrogen-bond acceptors (Lipinski definition) is 2. The van der Waals surface area contributed by atoms with Crippen LogP contribution in [-0.4, -0.2) is 41.7 Å². The first-order valence-electron chi connectivity index (χ1n) is 9.53. The highest BCUT2D eigenvalue weighted by Gasteiger charge is 2.63. The van der Waals surface area contributed by atoms with Crippen LogP contribution in [0.4, 0.5) is 0 Å². The number of rotatable bonds is 5. The highest BCUT2D eigenvalue weighted by Crippen LogP contribution is 2.65. The minimum atomic E-state index is -0.106. The van der Waals surface area contributed by atoms with Gasteiger partial charge in [0, 0.05) is 25.0 Å². The molecule has 0 bridgehead atoms. The molecule has 1 N–H and O–H groups in total. The van der Waals surface area contributed by atoms with Crippen LogP contribution >= 0.6 is 11.6 Å². The van der Waals surface area contributed by atoms with Crippen molar-refractivity contribution in [3.05, 3.63) is 35.9 Å². The molecular formula is C21H29ClN2O2. The van der Waals surface area contributed by atoms with E-state index in [-0.39, 0.29) is 41.1 Å². The van der Waals surface area contributed by atoms with Crippen LogP contribution in [0.25, 0.3) is 0 Å². The Morgan fingerprint density at radius 2 is 1.77 bits per heavy atom. The van der Waals surface area contributed by atoms with Gasteiger partial charge in [-0.2, -0.15) is 0 Å². The van der Waals surface area contributed by atoms with Gasteiger partial charge in [0.2, 0.25) is 11.8 Å². The summed E-state index contributed by atoms with van der Waals surface area (Å²) in [5.74, 6) is 0.527. The van der Waals surface area contributed by atoms with E-state index in [1.54, 1.807) is 0 Å². The van der Waals surface area contributed by atoms with Crippen LogP contribution in [0.3, 0.4) is 0 Å². The molecule has 3 rings (SSSR count). The fourth-order valence-corrected chi connectivity index (χ4v) is 4.73. The molecular weight excluding hydrogens is 348 g/mol. The summed E-state index contributed by atoms with van der Waals surface area (Å²) < 4.78 is 0. The smallest absolute Gasteiger partial charge is 0.235 e. The van der Waals surface area contributed by atoms with E-state index in [2.05, 4.69) is 31.3 Å². The molecule has 2 aliphatic rings. The first-order valence-corrected chi connectivity index (χ1v) is 10.1. The average molecular weight is 377 g/mol. The van der Waals surface area contributed by atoms with Crippen LogP contribution in [-0.2, 0) is 9.59 Å². The first-order chi connectivity index (χ1) is 12.4. The summed E-state index contributed by atoms with van der Waals surface area (Å²) in [6.07, 6.45) is 3.67. The standard InChI is InChI=1S/C21H29ClN2O2/c1-21(2)18(14-7-5-4-6-8-14)19(21)20(26)24(3)16-11-9-15(10-12-16)23-17(25)13-22/h4-8,15-16,18-19H,9-13H2,1-3H3,(H,23,25)/t15?,16?,18-,19+/m1/s1. The van der Waals surface area contributed by atoms with Crippen LogP contribution in [0.1, 0.15) is 51.0 Å². The molecule has 0 spiro atoms. The Bertz CT molecular complexity index is 653. The monoisotopic (exact) mass is 376 g/mol. The Morgan fingerprint density at radius 1 is 1.15 bits per heavy atom. The maximum absolute atomic E-state index is 13.1. The van der Waals surface area contributed by atoms with Gasteiger partial charge in [-0.15, -0.1) is 11.6 Å². The maximum atomic E-state index is 13.1. The summed E-state index contributed by atoms with van der Waals surface area (Å²) in [6, 6.07) is 10.8. The number of nitrogens with one attached hydrogen (secondary N) is 1. The number of nitrogens with zero attached hydrogens (tertiary/aromatic N) is 1. The Morgan fingerprint density at radius 3 is 2.35 bits per heavy atom. The zero-order chi connectivity index (χ0) is 18.9. The summed E-state index contributed by atoms with van der Waals surface area (Å²) in [4.78, 5) is 26.6. The van der Waals surface area contributed by atoms with Crippen LogP contribution in [0.15, 0.2) is 30.3 Å². The van der Waals surface area contributed by atoms with Crippen molar-refractivity contribution in [3.63, 3.8) is 0 Å². The second kappa shape index (κ2) is 7.59. The van der Waals surface area contributed by atoms with Crippen molar-refractivity contribution in [3.8, 4) is 0 Å². The lowest BCUT2D eigenvalue weighted by atomic mass is 9.90. The topological polar surface area (TPSA) is 49.4 Å². The van der Waals surface area contributed by atoms with Gasteiger partial charge >= 0.3 is 0 Å². The summed E-state index contributed by atoms with van der Waals surface area (Å²) in [6.45, 7) is 4.39. The molecule has 0 saturated heterocycles. The molecule has 142 valence electrons. The van der Waals surface area contributed by atoms with Gasteiger partial charge < -0.3 is 10.2 Å². The van der Waals surface area contributed by atoms with Gasteiger partial charge in [0.05, 0.1) is 5.92 Å². The van der Waals surface area contributed by atoms with Crippen molar-refractivity contribution >= 4 is 23.4 Å². The summed E-state index contributed by atoms with van der Waals surface area (Å²) >= 11 is 5.56. The molecule has 0 heterocycles. The number of alkyl halides is 1. The van der Waals surface area contributed by atoms with Crippen molar-refractivity contribution in [2.24, 2.45) is 11.3 Å². The minimum Gasteiger partial charge on any atom is -0.352 e. The van der Waals surface area contributed by atoms with Crippen molar-refractivity contribution in [1.29, 1.82) is 0 Å². The summed E-state index contributed by atoms with van der Waals surface area (Å²) in [5, 5.41) is 2.96. The van der Waals surface area contributed by atoms with Crippen molar-refractivity contribution in [2.45, 2.75) is 57.5 Å². The molecule has 1 aromatic rings. The normalized spacial score (nSPS) is 29.7. The summed E-state index contributed by atoms with van der Waals surface area (Å²) in [5.41, 5.74) is 1.27. The van der Waals surface area contributed by atoms with Gasteiger partial charge in [0.25, 0.3) is 0 Å². The molecule has 2 fully saturated rings. The number of carbonyl (C=O) groups is 2. The van der Waals surface area contributed by atoms with Gasteiger partial charge in [-0.3, -0.25) is 9.59 Å². The van der Waals surface area contributed by atoms with Crippen molar-refractivity contribution in [2.75, 3.05) is 12.9 Å². The van der Waals surface area contributed by atoms with E-state index in [9.17, 15) is 9.59 Å². The lowest BCUT2D eigenvalue weighted by Crippen LogP contribution is -2.45. The third-order valence-corrected chi connectivity index (χ3v) is 6.57. The second-order valence-electron chi connectivity index (χ2n) is 8.34. The van der Waals surface area contributed by atoms with Crippen LogP contribution in [0.5, 0.6) is 0 Å². The van der Waals surface area contributed by atoms with E-state index >= 15 is 0 Å². The van der Waals surface area contributed by atoms with E-state index in [0.717, 1.165) is 25.7 Å². The SMILES string of the molecule is CN(C(=O)[C@@H]1[C@@H](c2ccccc2)C1(C)C)C1CCC(NC(=O)CCl)CC1. The second-order valence-corrected chi connectivity index (χ2v) is 8.61. The third kappa shape index (κ3) is 3.75. The molecule has 2 amide bonds. The maximum Gasteiger partial charge on any atom is 0.235 e. The number of hydrogen-bond donors (Lipinski definition) is 1. The van der Waals surface area contributed by atoms with Crippen molar-refractivity contribution in [1.82, 2.24) is 10.2 Å². The van der Waals surface area contributed by atoms with E-state index in [1.807, 2.05) is 30.1 Å². The van der Waals surface area contributed by atoms with Crippen LogP contribution in [0.2, 0.25) is 0 Å². The predicted molar refractivity (Wildman–Crippen MR) is 104 cm³/mol. The van der Waals surface area contributed by atoms with Crippen LogP contribution in [0, 0.1) is 11.3 Å². The number of benzene rings is 1. The van der Waals surface area contributed by atoms with E-state index in [0.29, 0.717) is 5.92 Å². The molecule has 2 atom stereocenters. The van der Waals surface area contributed by atoms with E-state index in [4.69, 9.17) is 11.6 Å². The molecule has 26 heavy (non-hydrogen) atoms. The molecule has 0 radical (unpaired) electrons. The van der Waals surface area contributed by atoms with Gasteiger partial charge in [-0.05, 0) is 36.7 Å². The molecule has 0 unspecified atom stereocenters. The first kappa shape index (κ1) is 19.2. The molecule has 0 aliphatic heterocycles. The molecule has 1 aromatic carbocycles. The fourth-order valence-electron chi connectivity index (χ4n) is 4.65. The number of carbonyl (C=O) groups excluding carboxylic acids is 2. The van der Waals surface area contributed by atoms with Gasteiger partial charge in [0.15, 0.2) is 0 Å². The summed E-state index contributed by atoms with van der Waals surface area (Å²) in [7, 11) is 1.95. The Hall–Kier alpha value is -1.55. The average Bonchev–Trinajstić information content (AvgIpc) is 3.23. The lowest BCUT2D eigenvalue weighted by molar-refractivity contribution is -0.135. The predicted octanol–water partition coefficient (Wildman–Crippen LogP) is 3.55. The molecule has 0 aromatic heterocycles. The Labute approximate surface area is 161 Å². The van der Waals surface area contributed by atoms with Gasteiger partial charge in [-0.1, -0.05) is 44.2 Å². The molecule has 2 saturated carbocycles. The fraction of sp³-hybridized carbons (Fsp3) is 0.619.